The standard InChI is InChI=1S/C17H26N4O3S/c1-2-13-12-25-15(19-13)11-18-17(23)21-7-4-6-20(8-9-21)16(22)14-5-3-10-24-14/h12,14H,2-11H2,1H3,(H,18,23). The van der Waals surface area contributed by atoms with Crippen LogP contribution in [0, 0.1) is 0 Å². The summed E-state index contributed by atoms with van der Waals surface area (Å²) in [7, 11) is 0. The molecule has 0 bridgehead atoms. The summed E-state index contributed by atoms with van der Waals surface area (Å²) in [6, 6.07) is -0.0836. The van der Waals surface area contributed by atoms with E-state index in [0.29, 0.717) is 39.3 Å². The first-order valence-corrected chi connectivity index (χ1v) is 9.91. The number of aromatic nitrogens is 1. The molecule has 138 valence electrons. The summed E-state index contributed by atoms with van der Waals surface area (Å²) in [6.45, 7) is 5.69. The molecule has 1 aromatic heterocycles. The molecule has 1 aromatic rings. The zero-order chi connectivity index (χ0) is 17.6. The fourth-order valence-corrected chi connectivity index (χ4v) is 3.99. The Bertz CT molecular complexity index is 600. The van der Waals surface area contributed by atoms with E-state index in [0.717, 1.165) is 36.4 Å². The highest BCUT2D eigenvalue weighted by Gasteiger charge is 2.30. The van der Waals surface area contributed by atoms with E-state index in [1.165, 1.54) is 0 Å². The normalized spacial score (nSPS) is 21.2. The second-order valence-corrected chi connectivity index (χ2v) is 7.36. The lowest BCUT2D eigenvalue weighted by atomic mass is 10.2. The lowest BCUT2D eigenvalue weighted by molar-refractivity contribution is -0.140. The Morgan fingerprint density at radius 1 is 1.28 bits per heavy atom. The van der Waals surface area contributed by atoms with Crippen LogP contribution in [0.4, 0.5) is 4.79 Å². The average Bonchev–Trinajstić information content (AvgIpc) is 3.26. The van der Waals surface area contributed by atoms with Gasteiger partial charge in [-0.25, -0.2) is 9.78 Å². The van der Waals surface area contributed by atoms with Crippen LogP contribution in [0.1, 0.15) is 36.9 Å². The molecule has 0 spiro atoms. The van der Waals surface area contributed by atoms with Crippen LogP contribution in [0.15, 0.2) is 5.38 Å². The number of nitrogens with one attached hydrogen (secondary N) is 1. The van der Waals surface area contributed by atoms with Gasteiger partial charge in [0.2, 0.25) is 0 Å². The summed E-state index contributed by atoms with van der Waals surface area (Å²) in [5, 5.41) is 5.90. The Kier molecular flexibility index (Phi) is 6.25. The third kappa shape index (κ3) is 4.70. The Morgan fingerprint density at radius 2 is 2.08 bits per heavy atom. The van der Waals surface area contributed by atoms with E-state index >= 15 is 0 Å². The minimum absolute atomic E-state index is 0.0784. The van der Waals surface area contributed by atoms with Gasteiger partial charge in [0, 0.05) is 38.2 Å². The summed E-state index contributed by atoms with van der Waals surface area (Å²) >= 11 is 1.57. The number of ether oxygens (including phenoxy) is 1. The monoisotopic (exact) mass is 366 g/mol. The third-order valence-electron chi connectivity index (χ3n) is 4.65. The largest absolute Gasteiger partial charge is 0.368 e. The van der Waals surface area contributed by atoms with Gasteiger partial charge in [-0.1, -0.05) is 6.92 Å². The molecule has 1 N–H and O–H groups in total. The summed E-state index contributed by atoms with van der Waals surface area (Å²) in [5.41, 5.74) is 1.06. The second-order valence-electron chi connectivity index (χ2n) is 6.41. The van der Waals surface area contributed by atoms with Crippen molar-refractivity contribution in [2.24, 2.45) is 0 Å². The number of rotatable bonds is 4. The van der Waals surface area contributed by atoms with Crippen molar-refractivity contribution in [2.75, 3.05) is 32.8 Å². The fourth-order valence-electron chi connectivity index (χ4n) is 3.17. The number of amides is 3. The van der Waals surface area contributed by atoms with Crippen molar-refractivity contribution in [3.63, 3.8) is 0 Å². The van der Waals surface area contributed by atoms with Crippen molar-refractivity contribution in [3.8, 4) is 0 Å². The van der Waals surface area contributed by atoms with Gasteiger partial charge in [0.15, 0.2) is 0 Å². The highest BCUT2D eigenvalue weighted by Crippen LogP contribution is 2.16. The average molecular weight is 366 g/mol. The number of carbonyl (C=O) groups excluding carboxylic acids is 2. The van der Waals surface area contributed by atoms with Crippen LogP contribution < -0.4 is 5.32 Å². The molecule has 0 saturated carbocycles. The van der Waals surface area contributed by atoms with E-state index in [9.17, 15) is 9.59 Å². The number of hydrogen-bond donors (Lipinski definition) is 1. The minimum atomic E-state index is -0.280. The molecule has 3 amide bonds. The van der Waals surface area contributed by atoms with Crippen molar-refractivity contribution in [1.82, 2.24) is 20.1 Å². The smallest absolute Gasteiger partial charge is 0.317 e. The zero-order valence-electron chi connectivity index (χ0n) is 14.7. The molecular weight excluding hydrogens is 340 g/mol. The maximum atomic E-state index is 12.4. The molecule has 2 saturated heterocycles. The van der Waals surface area contributed by atoms with Gasteiger partial charge in [-0.2, -0.15) is 0 Å². The van der Waals surface area contributed by atoms with Crippen molar-refractivity contribution in [3.05, 3.63) is 16.1 Å². The first-order chi connectivity index (χ1) is 12.2. The van der Waals surface area contributed by atoms with E-state index in [1.807, 2.05) is 10.3 Å². The number of urea groups is 1. The molecular formula is C17H26N4O3S. The van der Waals surface area contributed by atoms with E-state index in [4.69, 9.17) is 4.74 Å². The van der Waals surface area contributed by atoms with Crippen molar-refractivity contribution >= 4 is 23.3 Å². The Balaban J connectivity index is 1.46. The quantitative estimate of drug-likeness (QED) is 0.879. The molecule has 0 radical (unpaired) electrons. The van der Waals surface area contributed by atoms with Crippen LogP contribution in [0.3, 0.4) is 0 Å². The van der Waals surface area contributed by atoms with Crippen LogP contribution in [0.25, 0.3) is 0 Å². The molecule has 1 atom stereocenters. The van der Waals surface area contributed by atoms with Crippen molar-refractivity contribution < 1.29 is 14.3 Å². The SMILES string of the molecule is CCc1csc(CNC(=O)N2CCCN(C(=O)C3CCCO3)CC2)n1. The van der Waals surface area contributed by atoms with Gasteiger partial charge in [-0.3, -0.25) is 4.79 Å². The van der Waals surface area contributed by atoms with E-state index in [-0.39, 0.29) is 18.0 Å². The number of aryl methyl sites for hydroxylation is 1. The van der Waals surface area contributed by atoms with Crippen LogP contribution in [-0.2, 0) is 22.5 Å². The second kappa shape index (κ2) is 8.62. The molecule has 0 aromatic carbocycles. The molecule has 2 aliphatic heterocycles. The van der Waals surface area contributed by atoms with Crippen LogP contribution >= 0.6 is 11.3 Å². The van der Waals surface area contributed by atoms with E-state index < -0.39 is 0 Å². The van der Waals surface area contributed by atoms with Crippen LogP contribution in [0.5, 0.6) is 0 Å². The summed E-state index contributed by atoms with van der Waals surface area (Å²) < 4.78 is 5.49. The van der Waals surface area contributed by atoms with Gasteiger partial charge in [0.25, 0.3) is 5.91 Å². The fraction of sp³-hybridized carbons (Fsp3) is 0.706. The van der Waals surface area contributed by atoms with Crippen molar-refractivity contribution in [2.45, 2.75) is 45.3 Å². The zero-order valence-corrected chi connectivity index (χ0v) is 15.5. The molecule has 7 nitrogen and oxygen atoms in total. The predicted octanol–water partition coefficient (Wildman–Crippen LogP) is 1.63. The van der Waals surface area contributed by atoms with Gasteiger partial charge in [-0.15, -0.1) is 11.3 Å². The number of hydrogen-bond acceptors (Lipinski definition) is 5. The molecule has 25 heavy (non-hydrogen) atoms. The number of nitrogens with zero attached hydrogens (tertiary/aromatic N) is 3. The molecule has 3 heterocycles. The molecule has 1 unspecified atom stereocenters. The van der Waals surface area contributed by atoms with E-state index in [2.05, 4.69) is 17.2 Å². The van der Waals surface area contributed by atoms with Crippen LogP contribution in [-0.4, -0.2) is 65.6 Å². The Morgan fingerprint density at radius 3 is 2.80 bits per heavy atom. The summed E-state index contributed by atoms with van der Waals surface area (Å²) in [5.74, 6) is 0.0784. The Labute approximate surface area is 152 Å². The topological polar surface area (TPSA) is 74.8 Å². The lowest BCUT2D eigenvalue weighted by Gasteiger charge is -2.24. The molecule has 0 aliphatic carbocycles. The van der Waals surface area contributed by atoms with Gasteiger partial charge < -0.3 is 19.9 Å². The first-order valence-electron chi connectivity index (χ1n) is 9.04. The number of thiazole rings is 1. The van der Waals surface area contributed by atoms with Crippen LogP contribution in [0.2, 0.25) is 0 Å². The lowest BCUT2D eigenvalue weighted by Crippen LogP contribution is -2.44. The third-order valence-corrected chi connectivity index (χ3v) is 5.55. The van der Waals surface area contributed by atoms with Gasteiger partial charge in [-0.05, 0) is 25.7 Å². The molecule has 2 fully saturated rings. The summed E-state index contributed by atoms with van der Waals surface area (Å²) in [4.78, 5) is 32.9. The van der Waals surface area contributed by atoms with Gasteiger partial charge in [0.1, 0.15) is 11.1 Å². The maximum Gasteiger partial charge on any atom is 0.317 e. The molecule has 3 rings (SSSR count). The van der Waals surface area contributed by atoms with E-state index in [1.54, 1.807) is 16.2 Å². The highest BCUT2D eigenvalue weighted by atomic mass is 32.1. The number of carbonyl (C=O) groups is 2. The van der Waals surface area contributed by atoms with Crippen molar-refractivity contribution in [1.29, 1.82) is 0 Å². The van der Waals surface area contributed by atoms with Gasteiger partial charge >= 0.3 is 6.03 Å². The summed E-state index contributed by atoms with van der Waals surface area (Å²) in [6.07, 6.45) is 3.19. The predicted molar refractivity (Wildman–Crippen MR) is 95.5 cm³/mol. The van der Waals surface area contributed by atoms with Gasteiger partial charge in [0.05, 0.1) is 12.2 Å². The molecule has 8 heteroatoms. The maximum absolute atomic E-state index is 12.4. The first kappa shape index (κ1) is 18.1. The Hall–Kier alpha value is -1.67. The highest BCUT2D eigenvalue weighted by molar-refractivity contribution is 7.09. The minimum Gasteiger partial charge on any atom is -0.368 e. The molecule has 2 aliphatic rings.